The molecule has 0 bridgehead atoms. The van der Waals surface area contributed by atoms with Crippen LogP contribution in [0.2, 0.25) is 0 Å². The summed E-state index contributed by atoms with van der Waals surface area (Å²) in [5.41, 5.74) is 4.02. The van der Waals surface area contributed by atoms with Crippen LogP contribution in [0.15, 0.2) is 47.4 Å². The van der Waals surface area contributed by atoms with Gasteiger partial charge in [-0.1, -0.05) is 49.7 Å². The molecule has 0 spiro atoms. The summed E-state index contributed by atoms with van der Waals surface area (Å²) in [6.07, 6.45) is 0.929. The summed E-state index contributed by atoms with van der Waals surface area (Å²) in [6, 6.07) is 12.3. The van der Waals surface area contributed by atoms with Gasteiger partial charge >= 0.3 is 6.03 Å². The Kier molecular flexibility index (Phi) is 10.5. The van der Waals surface area contributed by atoms with Crippen molar-refractivity contribution in [3.05, 3.63) is 59.2 Å². The fourth-order valence-corrected chi connectivity index (χ4v) is 3.04. The van der Waals surface area contributed by atoms with E-state index in [2.05, 4.69) is 29.8 Å². The van der Waals surface area contributed by atoms with Gasteiger partial charge in [-0.2, -0.15) is 8.42 Å². The first-order chi connectivity index (χ1) is 14.0. The van der Waals surface area contributed by atoms with Gasteiger partial charge in [-0.15, -0.1) is 0 Å². The number of carbonyl (C=O) groups excluding carboxylic acids is 1. The van der Waals surface area contributed by atoms with Crippen LogP contribution >= 0.6 is 0 Å². The lowest BCUT2D eigenvalue weighted by atomic mass is 10.1. The molecule has 2 aromatic rings. The van der Waals surface area contributed by atoms with Crippen molar-refractivity contribution in [3.63, 3.8) is 0 Å². The third kappa shape index (κ3) is 9.87. The first kappa shape index (κ1) is 25.6. The number of hydrogen-bond donors (Lipinski definition) is 4. The maximum Gasteiger partial charge on any atom is 0.319 e. The summed E-state index contributed by atoms with van der Waals surface area (Å²) >= 11 is 0. The number of hydrogen-bond acceptors (Lipinski definition) is 4. The maximum atomic E-state index is 11.8. The molecule has 166 valence electrons. The van der Waals surface area contributed by atoms with Crippen molar-refractivity contribution >= 4 is 21.8 Å². The minimum atomic E-state index is -4.02. The van der Waals surface area contributed by atoms with Gasteiger partial charge in [0.2, 0.25) is 0 Å². The Balaban J connectivity index is 0.000000346. The predicted molar refractivity (Wildman–Crippen MR) is 122 cm³/mol. The van der Waals surface area contributed by atoms with Crippen molar-refractivity contribution in [3.8, 4) is 0 Å². The van der Waals surface area contributed by atoms with Crippen LogP contribution in [0.4, 0.5) is 10.5 Å². The lowest BCUT2D eigenvalue weighted by Crippen LogP contribution is -2.32. The molecule has 0 unspecified atom stereocenters. The smallest absolute Gasteiger partial charge is 0.319 e. The first-order valence-corrected chi connectivity index (χ1v) is 11.3. The average molecular weight is 436 g/mol. The molecule has 0 fully saturated rings. The van der Waals surface area contributed by atoms with E-state index in [4.69, 9.17) is 4.55 Å². The highest BCUT2D eigenvalue weighted by molar-refractivity contribution is 7.85. The minimum absolute atomic E-state index is 0.0666. The van der Waals surface area contributed by atoms with Gasteiger partial charge in [0.1, 0.15) is 0 Å². The van der Waals surface area contributed by atoms with Crippen LogP contribution in [0.3, 0.4) is 0 Å². The molecule has 0 atom stereocenters. The van der Waals surface area contributed by atoms with Crippen LogP contribution in [0.1, 0.15) is 37.0 Å². The Bertz CT molecular complexity index is 890. The summed E-state index contributed by atoms with van der Waals surface area (Å²) in [5, 5.41) is 9.09. The van der Waals surface area contributed by atoms with E-state index in [-0.39, 0.29) is 10.9 Å². The molecular formula is C22H33N3O4S. The second kappa shape index (κ2) is 12.3. The van der Waals surface area contributed by atoms with Gasteiger partial charge in [-0.3, -0.25) is 4.55 Å². The highest BCUT2D eigenvalue weighted by Crippen LogP contribution is 2.18. The third-order valence-electron chi connectivity index (χ3n) is 4.23. The Morgan fingerprint density at radius 2 is 1.53 bits per heavy atom. The summed E-state index contributed by atoms with van der Waals surface area (Å²) in [5.74, 6) is 0. The quantitative estimate of drug-likeness (QED) is 0.388. The number of carbonyl (C=O) groups is 1. The van der Waals surface area contributed by atoms with E-state index in [1.807, 2.05) is 39.0 Å². The molecule has 2 rings (SSSR count). The monoisotopic (exact) mass is 435 g/mol. The number of nitrogens with one attached hydrogen (secondary N) is 3. The fourth-order valence-electron chi connectivity index (χ4n) is 2.56. The lowest BCUT2D eigenvalue weighted by Gasteiger charge is -2.13. The largest absolute Gasteiger partial charge is 0.338 e. The van der Waals surface area contributed by atoms with E-state index >= 15 is 0 Å². The number of aryl methyl sites for hydroxylation is 3. The van der Waals surface area contributed by atoms with Crippen LogP contribution in [0.5, 0.6) is 0 Å². The zero-order valence-corrected chi connectivity index (χ0v) is 19.1. The van der Waals surface area contributed by atoms with Gasteiger partial charge < -0.3 is 16.0 Å². The van der Waals surface area contributed by atoms with E-state index in [1.165, 1.54) is 12.1 Å². The zero-order chi connectivity index (χ0) is 22.7. The Hall–Kier alpha value is -2.42. The Morgan fingerprint density at radius 3 is 2.03 bits per heavy atom. The zero-order valence-electron chi connectivity index (χ0n) is 18.3. The molecule has 0 saturated carbocycles. The number of para-hydroxylation sites is 1. The standard InChI is InChI=1S/C15H25N3O.C7H8O3S/c1-11(2)16-9-6-10-17-15(19)18-14-12(3)7-5-8-13(14)4;1-6-2-4-7(5-3-6)11(8,9)10/h5,7-8,11,16H,6,9-10H2,1-4H3,(H2,17,18,19);2-5H,1H3,(H,8,9,10). The number of anilines is 1. The van der Waals surface area contributed by atoms with Gasteiger partial charge in [0.25, 0.3) is 10.1 Å². The van der Waals surface area contributed by atoms with Gasteiger partial charge in [0.05, 0.1) is 4.90 Å². The number of amides is 2. The molecule has 0 aromatic heterocycles. The normalized spacial score (nSPS) is 10.9. The van der Waals surface area contributed by atoms with Crippen LogP contribution < -0.4 is 16.0 Å². The van der Waals surface area contributed by atoms with Gasteiger partial charge in [-0.25, -0.2) is 4.79 Å². The van der Waals surface area contributed by atoms with Crippen LogP contribution in [-0.2, 0) is 10.1 Å². The van der Waals surface area contributed by atoms with Gasteiger partial charge in [-0.05, 0) is 57.0 Å². The lowest BCUT2D eigenvalue weighted by molar-refractivity contribution is 0.252. The molecule has 2 aromatic carbocycles. The van der Waals surface area contributed by atoms with Crippen molar-refractivity contribution in [1.29, 1.82) is 0 Å². The van der Waals surface area contributed by atoms with Crippen molar-refractivity contribution in [1.82, 2.24) is 10.6 Å². The predicted octanol–water partition coefficient (Wildman–Crippen LogP) is 4.05. The SMILES string of the molecule is Cc1ccc(S(=O)(=O)O)cc1.Cc1cccc(C)c1NC(=O)NCCCNC(C)C. The van der Waals surface area contributed by atoms with Crippen LogP contribution in [0.25, 0.3) is 0 Å². The Morgan fingerprint density at radius 1 is 0.967 bits per heavy atom. The van der Waals surface area contributed by atoms with Crippen molar-refractivity contribution in [2.45, 2.75) is 52.0 Å². The number of urea groups is 1. The van der Waals surface area contributed by atoms with Crippen molar-refractivity contribution in [2.75, 3.05) is 18.4 Å². The topological polar surface area (TPSA) is 108 Å². The second-order valence-corrected chi connectivity index (χ2v) is 8.82. The third-order valence-corrected chi connectivity index (χ3v) is 5.10. The molecule has 0 aliphatic rings. The minimum Gasteiger partial charge on any atom is -0.338 e. The first-order valence-electron chi connectivity index (χ1n) is 9.89. The summed E-state index contributed by atoms with van der Waals surface area (Å²) < 4.78 is 29.6. The van der Waals surface area contributed by atoms with E-state index in [9.17, 15) is 13.2 Å². The van der Waals surface area contributed by atoms with Crippen molar-refractivity contribution < 1.29 is 17.8 Å². The molecule has 0 heterocycles. The fraction of sp³-hybridized carbons (Fsp3) is 0.409. The van der Waals surface area contributed by atoms with E-state index in [1.54, 1.807) is 12.1 Å². The molecule has 8 heteroatoms. The van der Waals surface area contributed by atoms with E-state index in [0.717, 1.165) is 35.3 Å². The molecule has 30 heavy (non-hydrogen) atoms. The molecule has 4 N–H and O–H groups in total. The molecule has 2 amide bonds. The number of rotatable bonds is 7. The number of benzene rings is 2. The maximum absolute atomic E-state index is 11.8. The summed E-state index contributed by atoms with van der Waals surface area (Å²) in [6.45, 7) is 11.7. The molecular weight excluding hydrogens is 402 g/mol. The van der Waals surface area contributed by atoms with E-state index < -0.39 is 10.1 Å². The summed E-state index contributed by atoms with van der Waals surface area (Å²) in [4.78, 5) is 11.7. The van der Waals surface area contributed by atoms with Crippen LogP contribution in [0, 0.1) is 20.8 Å². The van der Waals surface area contributed by atoms with Crippen LogP contribution in [-0.4, -0.2) is 38.1 Å². The summed E-state index contributed by atoms with van der Waals surface area (Å²) in [7, 11) is -4.02. The molecule has 7 nitrogen and oxygen atoms in total. The molecule has 0 saturated heterocycles. The molecule has 0 aliphatic carbocycles. The van der Waals surface area contributed by atoms with Gasteiger partial charge in [0, 0.05) is 18.3 Å². The van der Waals surface area contributed by atoms with E-state index in [0.29, 0.717) is 12.6 Å². The second-order valence-electron chi connectivity index (χ2n) is 7.40. The molecule has 0 aliphatic heterocycles. The van der Waals surface area contributed by atoms with Crippen molar-refractivity contribution in [2.24, 2.45) is 0 Å². The van der Waals surface area contributed by atoms with Gasteiger partial charge in [0.15, 0.2) is 0 Å². The molecule has 0 radical (unpaired) electrons. The highest BCUT2D eigenvalue weighted by Gasteiger charge is 2.07. The Labute approximate surface area is 180 Å². The average Bonchev–Trinajstić information content (AvgIpc) is 2.64. The highest BCUT2D eigenvalue weighted by atomic mass is 32.2.